The van der Waals surface area contributed by atoms with Gasteiger partial charge in [-0.15, -0.1) is 0 Å². The fraction of sp³-hybridized carbons (Fsp3) is 0.647. The minimum absolute atomic E-state index is 0.500. The fourth-order valence-corrected chi connectivity index (χ4v) is 3.91. The Morgan fingerprint density at radius 2 is 2.10 bits per heavy atom. The first-order valence-electron chi connectivity index (χ1n) is 7.75. The number of likely N-dealkylation sites (N-methyl/N-ethyl adjacent to an activating group) is 1. The molecule has 0 bridgehead atoms. The quantitative estimate of drug-likeness (QED) is 0.773. The van der Waals surface area contributed by atoms with Crippen LogP contribution in [-0.2, 0) is 6.42 Å². The van der Waals surface area contributed by atoms with Crippen molar-refractivity contribution in [2.45, 2.75) is 51.5 Å². The van der Waals surface area contributed by atoms with E-state index in [0.29, 0.717) is 11.1 Å². The molecule has 1 aromatic rings. The lowest BCUT2D eigenvalue weighted by Gasteiger charge is -2.34. The zero-order valence-electron chi connectivity index (χ0n) is 12.5. The second-order valence-corrected chi connectivity index (χ2v) is 6.80. The Morgan fingerprint density at radius 3 is 2.80 bits per heavy atom. The van der Waals surface area contributed by atoms with Crippen molar-refractivity contribution >= 4 is 23.2 Å². The second kappa shape index (κ2) is 7.68. The first kappa shape index (κ1) is 16.1. The number of halogens is 2. The molecule has 1 saturated carbocycles. The van der Waals surface area contributed by atoms with Crippen LogP contribution >= 0.6 is 23.2 Å². The first-order valence-corrected chi connectivity index (χ1v) is 8.51. The van der Waals surface area contributed by atoms with Crippen molar-refractivity contribution in [3.05, 3.63) is 33.8 Å². The van der Waals surface area contributed by atoms with Gasteiger partial charge >= 0.3 is 0 Å². The molecule has 0 saturated heterocycles. The van der Waals surface area contributed by atoms with Gasteiger partial charge in [0.15, 0.2) is 0 Å². The topological polar surface area (TPSA) is 12.0 Å². The third kappa shape index (κ3) is 3.90. The predicted molar refractivity (Wildman–Crippen MR) is 88.8 cm³/mol. The summed E-state index contributed by atoms with van der Waals surface area (Å²) in [5, 5.41) is 4.89. The third-order valence-electron chi connectivity index (χ3n) is 4.81. The number of hydrogen-bond donors (Lipinski definition) is 1. The van der Waals surface area contributed by atoms with Crippen LogP contribution in [0.2, 0.25) is 10.0 Å². The summed E-state index contributed by atoms with van der Waals surface area (Å²) in [5.41, 5.74) is 1.16. The van der Waals surface area contributed by atoms with E-state index in [-0.39, 0.29) is 0 Å². The van der Waals surface area contributed by atoms with E-state index in [0.717, 1.165) is 28.8 Å². The molecule has 0 aromatic heterocycles. The number of rotatable bonds is 5. The monoisotopic (exact) mass is 313 g/mol. The lowest BCUT2D eigenvalue weighted by atomic mass is 9.75. The standard InChI is InChI=1S/C17H25Cl2N/c1-3-12-6-4-7-13(10-12)16(20-2)11-14-8-5-9-15(18)17(14)19/h5,8-9,12-13,16,20H,3-4,6-7,10-11H2,1-2H3. The molecular formula is C17H25Cl2N. The fourth-order valence-electron chi connectivity index (χ4n) is 3.52. The summed E-state index contributed by atoms with van der Waals surface area (Å²) in [7, 11) is 2.07. The van der Waals surface area contributed by atoms with Gasteiger partial charge in [0.05, 0.1) is 10.0 Å². The van der Waals surface area contributed by atoms with Crippen molar-refractivity contribution < 1.29 is 0 Å². The van der Waals surface area contributed by atoms with Crippen molar-refractivity contribution in [2.24, 2.45) is 11.8 Å². The predicted octanol–water partition coefficient (Wildman–Crippen LogP) is 5.34. The molecule has 0 aliphatic heterocycles. The van der Waals surface area contributed by atoms with Crippen molar-refractivity contribution in [1.82, 2.24) is 5.32 Å². The molecule has 0 amide bonds. The molecule has 112 valence electrons. The maximum atomic E-state index is 6.33. The van der Waals surface area contributed by atoms with Crippen LogP contribution < -0.4 is 5.32 Å². The molecule has 3 atom stereocenters. The van der Waals surface area contributed by atoms with Crippen LogP contribution in [0.15, 0.2) is 18.2 Å². The molecule has 1 aromatic carbocycles. The summed E-state index contributed by atoms with van der Waals surface area (Å²) >= 11 is 12.4. The number of hydrogen-bond acceptors (Lipinski definition) is 1. The largest absolute Gasteiger partial charge is 0.316 e. The Labute approximate surface area is 133 Å². The first-order chi connectivity index (χ1) is 9.65. The van der Waals surface area contributed by atoms with Crippen LogP contribution in [-0.4, -0.2) is 13.1 Å². The van der Waals surface area contributed by atoms with Gasteiger partial charge in [-0.2, -0.15) is 0 Å². The van der Waals surface area contributed by atoms with Gasteiger partial charge in [0, 0.05) is 6.04 Å². The average Bonchev–Trinajstić information content (AvgIpc) is 2.49. The lowest BCUT2D eigenvalue weighted by molar-refractivity contribution is 0.212. The zero-order chi connectivity index (χ0) is 14.5. The van der Waals surface area contributed by atoms with Crippen molar-refractivity contribution in [3.63, 3.8) is 0 Å². The highest BCUT2D eigenvalue weighted by atomic mass is 35.5. The molecule has 20 heavy (non-hydrogen) atoms. The minimum atomic E-state index is 0.500. The summed E-state index contributed by atoms with van der Waals surface area (Å²) < 4.78 is 0. The molecule has 1 aliphatic carbocycles. The Hall–Kier alpha value is -0.240. The summed E-state index contributed by atoms with van der Waals surface area (Å²) in [6.07, 6.45) is 7.73. The molecule has 2 rings (SSSR count). The summed E-state index contributed by atoms with van der Waals surface area (Å²) in [5.74, 6) is 1.66. The van der Waals surface area contributed by atoms with Crippen molar-refractivity contribution in [2.75, 3.05) is 7.05 Å². The van der Waals surface area contributed by atoms with E-state index in [9.17, 15) is 0 Å². The van der Waals surface area contributed by atoms with Gasteiger partial charge in [0.2, 0.25) is 0 Å². The van der Waals surface area contributed by atoms with Crippen LogP contribution in [0.25, 0.3) is 0 Å². The zero-order valence-corrected chi connectivity index (χ0v) is 14.0. The summed E-state index contributed by atoms with van der Waals surface area (Å²) in [6, 6.07) is 6.44. The maximum absolute atomic E-state index is 6.33. The van der Waals surface area contributed by atoms with E-state index < -0.39 is 0 Å². The third-order valence-corrected chi connectivity index (χ3v) is 5.67. The van der Waals surface area contributed by atoms with E-state index in [2.05, 4.69) is 25.4 Å². The van der Waals surface area contributed by atoms with E-state index in [4.69, 9.17) is 23.2 Å². The second-order valence-electron chi connectivity index (χ2n) is 6.01. The Balaban J connectivity index is 2.06. The van der Waals surface area contributed by atoms with Gasteiger partial charge in [-0.1, -0.05) is 61.5 Å². The van der Waals surface area contributed by atoms with E-state index >= 15 is 0 Å². The highest BCUT2D eigenvalue weighted by Crippen LogP contribution is 2.35. The lowest BCUT2D eigenvalue weighted by Crippen LogP contribution is -2.38. The molecule has 1 fully saturated rings. The van der Waals surface area contributed by atoms with E-state index in [1.807, 2.05) is 12.1 Å². The van der Waals surface area contributed by atoms with E-state index in [1.54, 1.807) is 0 Å². The SMILES string of the molecule is CCC1CCCC(C(Cc2cccc(Cl)c2Cl)NC)C1. The molecule has 1 nitrogen and oxygen atoms in total. The van der Waals surface area contributed by atoms with Crippen LogP contribution in [0.3, 0.4) is 0 Å². The normalized spacial score (nSPS) is 24.6. The molecule has 0 spiro atoms. The van der Waals surface area contributed by atoms with Crippen molar-refractivity contribution in [3.8, 4) is 0 Å². The Bertz CT molecular complexity index is 433. The smallest absolute Gasteiger partial charge is 0.0624 e. The van der Waals surface area contributed by atoms with Gasteiger partial charge in [-0.25, -0.2) is 0 Å². The molecule has 1 N–H and O–H groups in total. The molecule has 0 radical (unpaired) electrons. The van der Waals surface area contributed by atoms with Crippen LogP contribution in [0, 0.1) is 11.8 Å². The molecule has 1 aliphatic rings. The van der Waals surface area contributed by atoms with Gasteiger partial charge < -0.3 is 5.32 Å². The summed E-state index contributed by atoms with van der Waals surface area (Å²) in [6.45, 7) is 2.31. The highest BCUT2D eigenvalue weighted by molar-refractivity contribution is 6.42. The molecule has 0 heterocycles. The van der Waals surface area contributed by atoms with E-state index in [1.165, 1.54) is 32.1 Å². The van der Waals surface area contributed by atoms with Gasteiger partial charge in [0.25, 0.3) is 0 Å². The Morgan fingerprint density at radius 1 is 1.30 bits per heavy atom. The number of benzene rings is 1. The van der Waals surface area contributed by atoms with Crippen LogP contribution in [0.1, 0.15) is 44.6 Å². The van der Waals surface area contributed by atoms with Crippen molar-refractivity contribution in [1.29, 1.82) is 0 Å². The van der Waals surface area contributed by atoms with Crippen LogP contribution in [0.4, 0.5) is 0 Å². The minimum Gasteiger partial charge on any atom is -0.316 e. The molecular weight excluding hydrogens is 289 g/mol. The maximum Gasteiger partial charge on any atom is 0.0624 e. The average molecular weight is 314 g/mol. The van der Waals surface area contributed by atoms with Gasteiger partial charge in [-0.05, 0) is 49.8 Å². The number of nitrogens with one attached hydrogen (secondary N) is 1. The van der Waals surface area contributed by atoms with Gasteiger partial charge in [-0.3, -0.25) is 0 Å². The van der Waals surface area contributed by atoms with Crippen LogP contribution in [0.5, 0.6) is 0 Å². The molecule has 3 heteroatoms. The highest BCUT2D eigenvalue weighted by Gasteiger charge is 2.27. The summed E-state index contributed by atoms with van der Waals surface area (Å²) in [4.78, 5) is 0. The Kier molecular flexibility index (Phi) is 6.20. The van der Waals surface area contributed by atoms with Gasteiger partial charge in [0.1, 0.15) is 0 Å². The molecule has 3 unspecified atom stereocenters.